The monoisotopic (exact) mass is 363 g/mol. The molecule has 1 aromatic rings. The van der Waals surface area contributed by atoms with Crippen LogP contribution in [0.4, 0.5) is 0 Å². The molecule has 5 nitrogen and oxygen atoms in total. The average Bonchev–Trinajstić information content (AvgIpc) is 3.15. The van der Waals surface area contributed by atoms with Gasteiger partial charge in [0.05, 0.1) is 4.88 Å². The van der Waals surface area contributed by atoms with E-state index in [1.807, 2.05) is 11.4 Å². The number of carbonyl (C=O) groups is 2. The van der Waals surface area contributed by atoms with Crippen molar-refractivity contribution in [1.82, 2.24) is 16.2 Å². The van der Waals surface area contributed by atoms with Gasteiger partial charge in [0.25, 0.3) is 5.91 Å². The summed E-state index contributed by atoms with van der Waals surface area (Å²) in [5, 5.41) is 5.14. The van der Waals surface area contributed by atoms with E-state index in [2.05, 4.69) is 23.1 Å². The van der Waals surface area contributed by atoms with Crippen LogP contribution in [-0.4, -0.2) is 23.4 Å². The largest absolute Gasteiger partial charge is 0.352 e. The zero-order chi connectivity index (χ0) is 17.7. The second-order valence-electron chi connectivity index (χ2n) is 7.65. The lowest BCUT2D eigenvalue weighted by Gasteiger charge is -2.40. The zero-order valence-electron chi connectivity index (χ0n) is 15.0. The Hall–Kier alpha value is -1.40. The summed E-state index contributed by atoms with van der Waals surface area (Å²) in [5.41, 5.74) is 5.24. The normalized spacial score (nSPS) is 27.6. The molecule has 0 unspecified atom stereocenters. The van der Waals surface area contributed by atoms with Gasteiger partial charge in [-0.05, 0) is 43.0 Å². The Bertz CT molecular complexity index is 583. The molecule has 2 saturated carbocycles. The Morgan fingerprint density at radius 2 is 1.96 bits per heavy atom. The van der Waals surface area contributed by atoms with Gasteiger partial charge >= 0.3 is 0 Å². The van der Waals surface area contributed by atoms with Crippen molar-refractivity contribution in [3.8, 4) is 0 Å². The Kier molecular flexibility index (Phi) is 6.12. The Labute approximate surface area is 153 Å². The van der Waals surface area contributed by atoms with Gasteiger partial charge < -0.3 is 5.32 Å². The van der Waals surface area contributed by atoms with E-state index < -0.39 is 5.54 Å². The number of hydrogen-bond donors (Lipinski definition) is 3. The van der Waals surface area contributed by atoms with Gasteiger partial charge in [-0.15, -0.1) is 11.3 Å². The average molecular weight is 364 g/mol. The molecule has 3 N–H and O–H groups in total. The predicted octanol–water partition coefficient (Wildman–Crippen LogP) is 3.38. The van der Waals surface area contributed by atoms with Gasteiger partial charge in [0.15, 0.2) is 0 Å². The number of amides is 2. The molecule has 0 saturated heterocycles. The molecule has 0 spiro atoms. The molecule has 2 fully saturated rings. The molecule has 1 aromatic heterocycles. The lowest BCUT2D eigenvalue weighted by Crippen LogP contribution is -2.64. The van der Waals surface area contributed by atoms with Crippen LogP contribution in [0.5, 0.6) is 0 Å². The first-order chi connectivity index (χ1) is 12.1. The van der Waals surface area contributed by atoms with E-state index in [0.717, 1.165) is 38.5 Å². The molecule has 0 bridgehead atoms. The highest BCUT2D eigenvalue weighted by Crippen LogP contribution is 2.33. The SMILES string of the molecule is C[C@H]1CCC[C@@](NNC(=O)c2cccs2)(C(=O)NC2CCCCC2)C1. The molecule has 0 radical (unpaired) electrons. The molecule has 0 aliphatic heterocycles. The molecular weight excluding hydrogens is 334 g/mol. The third-order valence-electron chi connectivity index (χ3n) is 5.53. The number of thiophene rings is 1. The second kappa shape index (κ2) is 8.32. The summed E-state index contributed by atoms with van der Waals surface area (Å²) in [7, 11) is 0. The minimum absolute atomic E-state index is 0.0532. The molecular formula is C19H29N3O2S. The van der Waals surface area contributed by atoms with Crippen LogP contribution < -0.4 is 16.2 Å². The Morgan fingerprint density at radius 1 is 1.16 bits per heavy atom. The minimum atomic E-state index is -0.692. The lowest BCUT2D eigenvalue weighted by molar-refractivity contribution is -0.131. The summed E-state index contributed by atoms with van der Waals surface area (Å²) in [6, 6.07) is 3.93. The van der Waals surface area contributed by atoms with Crippen LogP contribution >= 0.6 is 11.3 Å². The van der Waals surface area contributed by atoms with Crippen molar-refractivity contribution in [3.05, 3.63) is 22.4 Å². The highest BCUT2D eigenvalue weighted by molar-refractivity contribution is 7.12. The van der Waals surface area contributed by atoms with Crippen molar-refractivity contribution in [1.29, 1.82) is 0 Å². The molecule has 2 aliphatic carbocycles. The van der Waals surface area contributed by atoms with E-state index in [1.54, 1.807) is 6.07 Å². The fraction of sp³-hybridized carbons (Fsp3) is 0.684. The van der Waals surface area contributed by atoms with Gasteiger partial charge in [0.1, 0.15) is 5.54 Å². The van der Waals surface area contributed by atoms with Crippen LogP contribution in [0.3, 0.4) is 0 Å². The van der Waals surface area contributed by atoms with Crippen molar-refractivity contribution in [2.75, 3.05) is 0 Å². The first-order valence-corrected chi connectivity index (χ1v) is 10.4. The molecule has 25 heavy (non-hydrogen) atoms. The van der Waals surface area contributed by atoms with E-state index in [9.17, 15) is 9.59 Å². The van der Waals surface area contributed by atoms with Crippen LogP contribution in [0.2, 0.25) is 0 Å². The fourth-order valence-corrected chi connectivity index (χ4v) is 4.76. The molecule has 3 rings (SSSR count). The summed E-state index contributed by atoms with van der Waals surface area (Å²) in [5.74, 6) is 0.354. The second-order valence-corrected chi connectivity index (χ2v) is 8.60. The number of nitrogens with one attached hydrogen (secondary N) is 3. The molecule has 6 heteroatoms. The fourth-order valence-electron chi connectivity index (χ4n) is 4.14. The van der Waals surface area contributed by atoms with Gasteiger partial charge in [-0.2, -0.15) is 0 Å². The van der Waals surface area contributed by atoms with Crippen molar-refractivity contribution in [2.24, 2.45) is 5.92 Å². The maximum absolute atomic E-state index is 13.1. The molecule has 2 amide bonds. The van der Waals surface area contributed by atoms with E-state index in [4.69, 9.17) is 0 Å². The Balaban J connectivity index is 1.66. The summed E-state index contributed by atoms with van der Waals surface area (Å²) in [4.78, 5) is 26.1. The van der Waals surface area contributed by atoms with Crippen LogP contribution in [0.15, 0.2) is 17.5 Å². The number of hydrogen-bond acceptors (Lipinski definition) is 4. The van der Waals surface area contributed by atoms with Gasteiger partial charge in [-0.25, -0.2) is 5.43 Å². The van der Waals surface area contributed by atoms with Crippen molar-refractivity contribution >= 4 is 23.2 Å². The predicted molar refractivity (Wildman–Crippen MR) is 100 cm³/mol. The third kappa shape index (κ3) is 4.61. The first-order valence-electron chi connectivity index (χ1n) is 9.51. The topological polar surface area (TPSA) is 70.2 Å². The van der Waals surface area contributed by atoms with E-state index in [1.165, 1.54) is 30.6 Å². The molecule has 0 aromatic carbocycles. The summed E-state index contributed by atoms with van der Waals surface area (Å²) in [6.45, 7) is 2.19. The summed E-state index contributed by atoms with van der Waals surface area (Å²) in [6.07, 6.45) is 9.45. The van der Waals surface area contributed by atoms with Crippen LogP contribution in [-0.2, 0) is 4.79 Å². The standard InChI is InChI=1S/C19H29N3O2S/c1-14-7-5-11-19(13-14,18(24)20-15-8-3-2-4-9-15)22-21-17(23)16-10-6-12-25-16/h6,10,12,14-15,22H,2-5,7-9,11,13H2,1H3,(H,20,24)(H,21,23)/t14-,19-/m0/s1. The lowest BCUT2D eigenvalue weighted by atomic mass is 9.76. The summed E-state index contributed by atoms with van der Waals surface area (Å²) >= 11 is 1.40. The number of rotatable bonds is 5. The number of hydrazine groups is 1. The van der Waals surface area contributed by atoms with Crippen LogP contribution in [0, 0.1) is 5.92 Å². The van der Waals surface area contributed by atoms with Gasteiger partial charge in [0, 0.05) is 6.04 Å². The summed E-state index contributed by atoms with van der Waals surface area (Å²) < 4.78 is 0. The smallest absolute Gasteiger partial charge is 0.275 e. The Morgan fingerprint density at radius 3 is 2.64 bits per heavy atom. The molecule has 138 valence electrons. The van der Waals surface area contributed by atoms with Crippen LogP contribution in [0.25, 0.3) is 0 Å². The maximum Gasteiger partial charge on any atom is 0.275 e. The number of carbonyl (C=O) groups excluding carboxylic acids is 2. The minimum Gasteiger partial charge on any atom is -0.352 e. The van der Waals surface area contributed by atoms with Gasteiger partial charge in [0.2, 0.25) is 5.91 Å². The highest BCUT2D eigenvalue weighted by atomic mass is 32.1. The van der Waals surface area contributed by atoms with Gasteiger partial charge in [-0.3, -0.25) is 15.0 Å². The van der Waals surface area contributed by atoms with Crippen LogP contribution in [0.1, 0.15) is 74.4 Å². The zero-order valence-corrected chi connectivity index (χ0v) is 15.8. The highest BCUT2D eigenvalue weighted by Gasteiger charge is 2.42. The van der Waals surface area contributed by atoms with Crippen molar-refractivity contribution in [3.63, 3.8) is 0 Å². The maximum atomic E-state index is 13.1. The van der Waals surface area contributed by atoms with Crippen molar-refractivity contribution < 1.29 is 9.59 Å². The third-order valence-corrected chi connectivity index (χ3v) is 6.40. The van der Waals surface area contributed by atoms with Gasteiger partial charge in [-0.1, -0.05) is 45.1 Å². The first kappa shape index (κ1) is 18.4. The van der Waals surface area contributed by atoms with E-state index in [-0.39, 0.29) is 17.9 Å². The van der Waals surface area contributed by atoms with E-state index >= 15 is 0 Å². The van der Waals surface area contributed by atoms with Crippen molar-refractivity contribution in [2.45, 2.75) is 76.3 Å². The molecule has 2 aliphatic rings. The molecule has 1 heterocycles. The van der Waals surface area contributed by atoms with E-state index in [0.29, 0.717) is 10.8 Å². The quantitative estimate of drug-likeness (QED) is 0.703. The molecule has 2 atom stereocenters.